The van der Waals surface area contributed by atoms with Crippen molar-refractivity contribution in [1.29, 1.82) is 0 Å². The summed E-state index contributed by atoms with van der Waals surface area (Å²) in [6.07, 6.45) is 0.886. The van der Waals surface area contributed by atoms with E-state index in [1.807, 2.05) is 20.8 Å². The summed E-state index contributed by atoms with van der Waals surface area (Å²) in [5.74, 6) is -1.01. The summed E-state index contributed by atoms with van der Waals surface area (Å²) in [5.41, 5.74) is 0.690. The number of aromatic hydroxyl groups is 3. The average molecular weight is 212 g/mol. The molecule has 0 atom stereocenters. The van der Waals surface area contributed by atoms with E-state index in [9.17, 15) is 10.2 Å². The minimum absolute atomic E-state index is 0. The Hall–Kier alpha value is -1.38. The number of phenols is 3. The van der Waals surface area contributed by atoms with Crippen LogP contribution >= 0.6 is 0 Å². The van der Waals surface area contributed by atoms with Gasteiger partial charge in [-0.2, -0.15) is 0 Å². The molecular weight excluding hydrogens is 192 g/mol. The molecule has 0 saturated heterocycles. The third-order valence-corrected chi connectivity index (χ3v) is 2.74. The number of phenolic OH excluding ortho intramolecular Hbond substituents is 3. The summed E-state index contributed by atoms with van der Waals surface area (Å²) in [6, 6.07) is 2.97. The van der Waals surface area contributed by atoms with Gasteiger partial charge in [-0.1, -0.05) is 28.2 Å². The minimum atomic E-state index is -0.458. The monoisotopic (exact) mass is 212 g/mol. The van der Waals surface area contributed by atoms with Crippen molar-refractivity contribution in [3.05, 3.63) is 17.7 Å². The zero-order valence-electron chi connectivity index (χ0n) is 8.70. The van der Waals surface area contributed by atoms with E-state index in [0.717, 1.165) is 12.0 Å². The molecule has 0 aliphatic rings. The molecule has 3 heteroatoms. The van der Waals surface area contributed by atoms with Crippen LogP contribution in [0.25, 0.3) is 0 Å². The van der Waals surface area contributed by atoms with E-state index < -0.39 is 5.75 Å². The van der Waals surface area contributed by atoms with Crippen LogP contribution in [-0.4, -0.2) is 15.3 Å². The van der Waals surface area contributed by atoms with E-state index in [0.29, 0.717) is 0 Å². The first-order valence-corrected chi connectivity index (χ1v) is 4.64. The third kappa shape index (κ3) is 2.55. The van der Waals surface area contributed by atoms with Gasteiger partial charge in [-0.05, 0) is 29.5 Å². The van der Waals surface area contributed by atoms with E-state index in [1.165, 1.54) is 12.1 Å². The van der Waals surface area contributed by atoms with Crippen LogP contribution in [-0.2, 0) is 5.41 Å². The van der Waals surface area contributed by atoms with Gasteiger partial charge in [0.25, 0.3) is 0 Å². The average Bonchev–Trinajstić information content (AvgIpc) is 2.13. The van der Waals surface area contributed by atoms with Crippen LogP contribution in [0.5, 0.6) is 17.2 Å². The van der Waals surface area contributed by atoms with Crippen molar-refractivity contribution in [3.63, 3.8) is 0 Å². The van der Waals surface area contributed by atoms with Gasteiger partial charge >= 0.3 is 0 Å². The summed E-state index contributed by atoms with van der Waals surface area (Å²) in [7, 11) is 0. The molecule has 0 fully saturated rings. The molecule has 0 bridgehead atoms. The Morgan fingerprint density at radius 2 is 1.47 bits per heavy atom. The van der Waals surface area contributed by atoms with Crippen LogP contribution < -0.4 is 0 Å². The fraction of sp³-hybridized carbons (Fsp3) is 0.500. The van der Waals surface area contributed by atoms with Crippen molar-refractivity contribution >= 4 is 0 Å². The second-order valence-corrected chi connectivity index (χ2v) is 4.10. The highest BCUT2D eigenvalue weighted by Gasteiger charge is 2.21. The van der Waals surface area contributed by atoms with Gasteiger partial charge in [-0.25, -0.2) is 0 Å². The summed E-state index contributed by atoms with van der Waals surface area (Å²) < 4.78 is 0. The lowest BCUT2D eigenvalue weighted by atomic mass is 9.82. The normalized spacial score (nSPS) is 10.9. The van der Waals surface area contributed by atoms with Crippen LogP contribution in [0.15, 0.2) is 12.1 Å². The van der Waals surface area contributed by atoms with Crippen LogP contribution in [0, 0.1) is 0 Å². The van der Waals surface area contributed by atoms with Crippen molar-refractivity contribution in [2.45, 2.75) is 40.0 Å². The van der Waals surface area contributed by atoms with Gasteiger partial charge in [0.15, 0.2) is 17.2 Å². The molecule has 0 unspecified atom stereocenters. The number of rotatable bonds is 2. The lowest BCUT2D eigenvalue weighted by Crippen LogP contribution is -2.15. The fourth-order valence-corrected chi connectivity index (χ4v) is 1.20. The molecule has 3 nitrogen and oxygen atoms in total. The lowest BCUT2D eigenvalue weighted by molar-refractivity contribution is 0.364. The molecule has 0 heterocycles. The van der Waals surface area contributed by atoms with E-state index in [-0.39, 0.29) is 24.3 Å². The molecule has 1 rings (SSSR count). The van der Waals surface area contributed by atoms with Crippen molar-refractivity contribution in [1.82, 2.24) is 0 Å². The highest BCUT2D eigenvalue weighted by atomic mass is 16.3. The second kappa shape index (κ2) is 4.43. The maximum atomic E-state index is 9.33. The molecular formula is C12H20O3. The molecule has 0 spiro atoms. The zero-order chi connectivity index (χ0) is 10.9. The quantitative estimate of drug-likeness (QED) is 0.660. The highest BCUT2D eigenvalue weighted by Crippen LogP contribution is 2.39. The maximum Gasteiger partial charge on any atom is 0.200 e. The number of hydrogen-bond donors (Lipinski definition) is 3. The maximum absolute atomic E-state index is 9.33. The summed E-state index contributed by atoms with van der Waals surface area (Å²) >= 11 is 0. The van der Waals surface area contributed by atoms with Crippen molar-refractivity contribution in [3.8, 4) is 17.2 Å². The molecule has 3 N–H and O–H groups in total. The van der Waals surface area contributed by atoms with Gasteiger partial charge in [-0.15, -0.1) is 0 Å². The first-order chi connectivity index (χ1) is 6.38. The molecule has 86 valence electrons. The molecule has 0 aliphatic carbocycles. The third-order valence-electron chi connectivity index (χ3n) is 2.74. The van der Waals surface area contributed by atoms with Crippen molar-refractivity contribution in [2.24, 2.45) is 0 Å². The molecule has 0 amide bonds. The lowest BCUT2D eigenvalue weighted by Gasteiger charge is -2.23. The topological polar surface area (TPSA) is 60.7 Å². The summed E-state index contributed by atoms with van der Waals surface area (Å²) in [5, 5.41) is 27.8. The standard InChI is InChI=1S/C11H16O3.CH4/c1-4-11(2,3)7-5-8(12)10(14)9(13)6-7;/h5-6,12-14H,4H2,1-3H3;1H4. The Labute approximate surface area is 91.0 Å². The van der Waals surface area contributed by atoms with Crippen LogP contribution in [0.1, 0.15) is 40.2 Å². The van der Waals surface area contributed by atoms with E-state index in [2.05, 4.69) is 0 Å². The summed E-state index contributed by atoms with van der Waals surface area (Å²) in [4.78, 5) is 0. The predicted molar refractivity (Wildman–Crippen MR) is 61.5 cm³/mol. The summed E-state index contributed by atoms with van der Waals surface area (Å²) in [6.45, 7) is 6.05. The Morgan fingerprint density at radius 3 is 1.80 bits per heavy atom. The first kappa shape index (κ1) is 13.6. The van der Waals surface area contributed by atoms with Crippen molar-refractivity contribution < 1.29 is 15.3 Å². The van der Waals surface area contributed by atoms with Gasteiger partial charge in [0.05, 0.1) is 0 Å². The van der Waals surface area contributed by atoms with Crippen LogP contribution in [0.4, 0.5) is 0 Å². The van der Waals surface area contributed by atoms with Crippen molar-refractivity contribution in [2.75, 3.05) is 0 Å². The highest BCUT2D eigenvalue weighted by molar-refractivity contribution is 5.52. The number of hydrogen-bond acceptors (Lipinski definition) is 3. The second-order valence-electron chi connectivity index (χ2n) is 4.10. The molecule has 1 aromatic carbocycles. The molecule has 15 heavy (non-hydrogen) atoms. The number of benzene rings is 1. The fourth-order valence-electron chi connectivity index (χ4n) is 1.20. The first-order valence-electron chi connectivity index (χ1n) is 4.64. The van der Waals surface area contributed by atoms with Gasteiger partial charge in [-0.3, -0.25) is 0 Å². The Kier molecular flexibility index (Phi) is 4.02. The van der Waals surface area contributed by atoms with Crippen LogP contribution in [0.2, 0.25) is 0 Å². The predicted octanol–water partition coefficient (Wildman–Crippen LogP) is 3.13. The minimum Gasteiger partial charge on any atom is -0.504 e. The smallest absolute Gasteiger partial charge is 0.200 e. The molecule has 1 aromatic rings. The molecule has 0 radical (unpaired) electrons. The Balaban J connectivity index is 0.00000196. The van der Waals surface area contributed by atoms with E-state index in [4.69, 9.17) is 5.11 Å². The zero-order valence-corrected chi connectivity index (χ0v) is 8.70. The van der Waals surface area contributed by atoms with Gasteiger partial charge in [0.1, 0.15) is 0 Å². The molecule has 0 aliphatic heterocycles. The molecule has 0 aromatic heterocycles. The largest absolute Gasteiger partial charge is 0.504 e. The van der Waals surface area contributed by atoms with E-state index >= 15 is 0 Å². The Bertz CT molecular complexity index is 320. The van der Waals surface area contributed by atoms with E-state index in [1.54, 1.807) is 0 Å². The Morgan fingerprint density at radius 1 is 1.07 bits per heavy atom. The molecule has 0 saturated carbocycles. The van der Waals surface area contributed by atoms with Crippen LogP contribution in [0.3, 0.4) is 0 Å². The van der Waals surface area contributed by atoms with Gasteiger partial charge < -0.3 is 15.3 Å². The van der Waals surface area contributed by atoms with Gasteiger partial charge in [0.2, 0.25) is 0 Å². The SMILES string of the molecule is C.CCC(C)(C)c1cc(O)c(O)c(O)c1. The van der Waals surface area contributed by atoms with Gasteiger partial charge in [0, 0.05) is 0 Å².